The van der Waals surface area contributed by atoms with Crippen LogP contribution in [-0.2, 0) is 13.1 Å². The van der Waals surface area contributed by atoms with Gasteiger partial charge in [-0.15, -0.1) is 9.36 Å². The Hall–Kier alpha value is -0.990. The highest BCUT2D eigenvalue weighted by atomic mass is 16.5. The minimum Gasteiger partial charge on any atom is -0.479 e. The van der Waals surface area contributed by atoms with Crippen LogP contribution >= 0.6 is 0 Å². The molecule has 0 saturated carbocycles. The summed E-state index contributed by atoms with van der Waals surface area (Å²) >= 11 is 0. The molecule has 0 aromatic carbocycles. The highest BCUT2D eigenvalue weighted by molar-refractivity contribution is 5.10. The Bertz CT molecular complexity index is 291. The molecule has 3 nitrogen and oxygen atoms in total. The Morgan fingerprint density at radius 2 is 2.33 bits per heavy atom. The average molecular weight is 167 g/mol. The molecule has 2 rings (SSSR count). The molecule has 1 aromatic heterocycles. The molecule has 0 amide bonds. The van der Waals surface area contributed by atoms with Gasteiger partial charge < -0.3 is 4.74 Å². The number of rotatable bonds is 1. The summed E-state index contributed by atoms with van der Waals surface area (Å²) in [4.78, 5) is 0. The highest BCUT2D eigenvalue weighted by Gasteiger charge is 2.23. The largest absolute Gasteiger partial charge is 0.479 e. The number of aromatic nitrogens is 2. The van der Waals surface area contributed by atoms with Gasteiger partial charge in [-0.05, 0) is 6.42 Å². The standard InChI is InChI=1S/C9H15N2O/c1-8-7-9(12-2)11-6-4-3-5-10(8)11/h7H,3-6H2,1-2H3/q+1. The van der Waals surface area contributed by atoms with Crippen LogP contribution in [0.2, 0.25) is 0 Å². The third-order valence-electron chi connectivity index (χ3n) is 2.48. The minimum atomic E-state index is 0.993. The van der Waals surface area contributed by atoms with E-state index in [4.69, 9.17) is 4.74 Å². The summed E-state index contributed by atoms with van der Waals surface area (Å²) in [6.45, 7) is 4.36. The van der Waals surface area contributed by atoms with Crippen molar-refractivity contribution in [1.29, 1.82) is 0 Å². The van der Waals surface area contributed by atoms with Crippen LogP contribution in [0.3, 0.4) is 0 Å². The maximum Gasteiger partial charge on any atom is 0.252 e. The van der Waals surface area contributed by atoms with Gasteiger partial charge in [0.2, 0.25) is 5.69 Å². The smallest absolute Gasteiger partial charge is 0.252 e. The molecule has 1 aliphatic heterocycles. The lowest BCUT2D eigenvalue weighted by Crippen LogP contribution is -2.48. The van der Waals surface area contributed by atoms with Gasteiger partial charge in [0.25, 0.3) is 5.88 Å². The second-order valence-corrected chi connectivity index (χ2v) is 3.28. The van der Waals surface area contributed by atoms with E-state index < -0.39 is 0 Å². The van der Waals surface area contributed by atoms with Crippen LogP contribution in [-0.4, -0.2) is 11.8 Å². The lowest BCUT2D eigenvalue weighted by Gasteiger charge is -2.10. The number of methoxy groups -OCH3 is 1. The third kappa shape index (κ3) is 1.00. The van der Waals surface area contributed by atoms with Gasteiger partial charge in [-0.1, -0.05) is 0 Å². The summed E-state index contributed by atoms with van der Waals surface area (Å²) in [6.07, 6.45) is 2.56. The second-order valence-electron chi connectivity index (χ2n) is 3.28. The minimum absolute atomic E-state index is 0.993. The molecule has 0 bridgehead atoms. The molecular weight excluding hydrogens is 152 g/mol. The monoisotopic (exact) mass is 167 g/mol. The lowest BCUT2D eigenvalue weighted by atomic mass is 10.3. The van der Waals surface area contributed by atoms with E-state index in [0.717, 1.165) is 19.0 Å². The van der Waals surface area contributed by atoms with Crippen LogP contribution in [0, 0.1) is 6.92 Å². The first-order valence-electron chi connectivity index (χ1n) is 4.47. The van der Waals surface area contributed by atoms with E-state index >= 15 is 0 Å². The van der Waals surface area contributed by atoms with Crippen LogP contribution < -0.4 is 9.42 Å². The fraction of sp³-hybridized carbons (Fsp3) is 0.667. The molecule has 66 valence electrons. The van der Waals surface area contributed by atoms with E-state index in [-0.39, 0.29) is 0 Å². The molecule has 0 aliphatic carbocycles. The summed E-state index contributed by atoms with van der Waals surface area (Å²) < 4.78 is 9.79. The summed E-state index contributed by atoms with van der Waals surface area (Å²) in [6, 6.07) is 2.10. The Labute approximate surface area is 72.5 Å². The molecule has 0 unspecified atom stereocenters. The molecule has 3 heteroatoms. The van der Waals surface area contributed by atoms with Crippen LogP contribution in [0.4, 0.5) is 0 Å². The topological polar surface area (TPSA) is 18.0 Å². The normalized spacial score (nSPS) is 15.8. The van der Waals surface area contributed by atoms with Crippen LogP contribution in [0.5, 0.6) is 5.88 Å². The maximum absolute atomic E-state index is 5.28. The van der Waals surface area contributed by atoms with Crippen molar-refractivity contribution >= 4 is 0 Å². The lowest BCUT2D eigenvalue weighted by molar-refractivity contribution is -0.786. The highest BCUT2D eigenvalue weighted by Crippen LogP contribution is 2.15. The van der Waals surface area contributed by atoms with E-state index in [1.807, 2.05) is 0 Å². The van der Waals surface area contributed by atoms with Gasteiger partial charge in [-0.3, -0.25) is 0 Å². The van der Waals surface area contributed by atoms with Gasteiger partial charge in [-0.25, -0.2) is 0 Å². The van der Waals surface area contributed by atoms with Crippen LogP contribution in [0.1, 0.15) is 18.5 Å². The van der Waals surface area contributed by atoms with Gasteiger partial charge in [0, 0.05) is 13.3 Å². The number of aryl methyl sites for hydroxylation is 1. The quantitative estimate of drug-likeness (QED) is 0.568. The fourth-order valence-electron chi connectivity index (χ4n) is 1.85. The van der Waals surface area contributed by atoms with Crippen molar-refractivity contribution < 1.29 is 9.42 Å². The molecule has 0 fully saturated rings. The molecular formula is C9H15N2O+. The molecule has 1 aromatic rings. The Morgan fingerprint density at radius 3 is 3.08 bits per heavy atom. The Morgan fingerprint density at radius 1 is 1.50 bits per heavy atom. The van der Waals surface area contributed by atoms with Crippen molar-refractivity contribution in [2.24, 2.45) is 0 Å². The van der Waals surface area contributed by atoms with Crippen LogP contribution in [0.25, 0.3) is 0 Å². The van der Waals surface area contributed by atoms with E-state index in [1.165, 1.54) is 18.5 Å². The van der Waals surface area contributed by atoms with Crippen molar-refractivity contribution in [3.05, 3.63) is 11.8 Å². The van der Waals surface area contributed by atoms with Crippen molar-refractivity contribution in [2.75, 3.05) is 7.11 Å². The summed E-state index contributed by atoms with van der Waals surface area (Å²) in [7, 11) is 1.73. The Balaban J connectivity index is 2.47. The van der Waals surface area contributed by atoms with Gasteiger partial charge in [-0.2, -0.15) is 0 Å². The summed E-state index contributed by atoms with van der Waals surface area (Å²) in [5.41, 5.74) is 1.30. The van der Waals surface area contributed by atoms with Gasteiger partial charge in [0.15, 0.2) is 6.54 Å². The van der Waals surface area contributed by atoms with E-state index in [2.05, 4.69) is 22.4 Å². The second kappa shape index (κ2) is 2.81. The summed E-state index contributed by atoms with van der Waals surface area (Å²) in [5, 5.41) is 0. The van der Waals surface area contributed by atoms with Crippen molar-refractivity contribution in [1.82, 2.24) is 4.68 Å². The zero-order valence-corrected chi connectivity index (χ0v) is 7.71. The van der Waals surface area contributed by atoms with Crippen molar-refractivity contribution in [3.63, 3.8) is 0 Å². The van der Waals surface area contributed by atoms with Gasteiger partial charge >= 0.3 is 0 Å². The maximum atomic E-state index is 5.28. The molecule has 0 N–H and O–H groups in total. The molecule has 0 saturated heterocycles. The first-order chi connectivity index (χ1) is 5.83. The first kappa shape index (κ1) is 7.65. The number of hydrogen-bond acceptors (Lipinski definition) is 1. The predicted molar refractivity (Wildman–Crippen MR) is 45.2 cm³/mol. The third-order valence-corrected chi connectivity index (χ3v) is 2.48. The zero-order chi connectivity index (χ0) is 8.55. The summed E-state index contributed by atoms with van der Waals surface area (Å²) in [5.74, 6) is 0.993. The predicted octanol–water partition coefficient (Wildman–Crippen LogP) is 0.886. The molecule has 1 aliphatic rings. The number of fused-ring (bicyclic) bond motifs is 1. The molecule has 0 spiro atoms. The fourth-order valence-corrected chi connectivity index (χ4v) is 1.85. The van der Waals surface area contributed by atoms with Crippen LogP contribution in [0.15, 0.2) is 6.07 Å². The molecule has 12 heavy (non-hydrogen) atoms. The number of hydrogen-bond donors (Lipinski definition) is 0. The number of ether oxygens (including phenoxy) is 1. The van der Waals surface area contributed by atoms with Crippen molar-refractivity contribution in [3.8, 4) is 5.88 Å². The number of nitrogens with zero attached hydrogens (tertiary/aromatic N) is 2. The van der Waals surface area contributed by atoms with Gasteiger partial charge in [0.1, 0.15) is 0 Å². The average Bonchev–Trinajstić information content (AvgIpc) is 2.44. The first-order valence-corrected chi connectivity index (χ1v) is 4.47. The van der Waals surface area contributed by atoms with E-state index in [0.29, 0.717) is 0 Å². The Kier molecular flexibility index (Phi) is 1.79. The van der Waals surface area contributed by atoms with E-state index in [9.17, 15) is 0 Å². The molecule has 2 heterocycles. The van der Waals surface area contributed by atoms with E-state index in [1.54, 1.807) is 7.11 Å². The van der Waals surface area contributed by atoms with Gasteiger partial charge in [0.05, 0.1) is 19.7 Å². The molecule has 0 radical (unpaired) electrons. The van der Waals surface area contributed by atoms with Crippen molar-refractivity contribution in [2.45, 2.75) is 32.9 Å². The SMILES string of the molecule is COc1cc(C)[n+]2n1CCCC2. The molecule has 0 atom stereocenters. The zero-order valence-electron chi connectivity index (χ0n) is 7.71.